The van der Waals surface area contributed by atoms with Crippen LogP contribution < -0.4 is 30.1 Å². The van der Waals surface area contributed by atoms with Gasteiger partial charge in [0.15, 0.2) is 68.4 Å². The molecular formula is C46H49B3N3O8+3. The highest BCUT2D eigenvalue weighted by Crippen LogP contribution is 2.25. The van der Waals surface area contributed by atoms with Crippen LogP contribution in [0.3, 0.4) is 0 Å². The number of ketones is 2. The van der Waals surface area contributed by atoms with Crippen molar-refractivity contribution in [1.29, 1.82) is 0 Å². The van der Waals surface area contributed by atoms with E-state index in [0.29, 0.717) is 70.9 Å². The van der Waals surface area contributed by atoms with Crippen molar-refractivity contribution < 1.29 is 53.4 Å². The fraction of sp³-hybridized carbons (Fsp3) is 0.196. The molecule has 60 heavy (non-hydrogen) atoms. The quantitative estimate of drug-likeness (QED) is 0.0235. The molecule has 0 amide bonds. The lowest BCUT2D eigenvalue weighted by molar-refractivity contribution is -0.689. The SMILES string of the molecule is C=C(C)C(=O)CCCCCC(=O)c1cc(-c2cc(-c3ccc[n+](Cc4ccccc4B(O)O)c3)c[n+](Cc3ccccc3B(O)O)c2)c[n+](Cc2ccccc2B(O)O)c1. The Morgan fingerprint density at radius 2 is 0.950 bits per heavy atom. The van der Waals surface area contributed by atoms with Gasteiger partial charge in [-0.1, -0.05) is 85.8 Å². The first-order valence-electron chi connectivity index (χ1n) is 20.0. The molecular weight excluding hydrogens is 755 g/mol. The lowest BCUT2D eigenvalue weighted by Crippen LogP contribution is -2.41. The molecule has 0 fully saturated rings. The monoisotopic (exact) mass is 804 g/mol. The summed E-state index contributed by atoms with van der Waals surface area (Å²) in [5.74, 6) is -0.0457. The van der Waals surface area contributed by atoms with Crippen LogP contribution in [0.2, 0.25) is 0 Å². The zero-order valence-corrected chi connectivity index (χ0v) is 33.6. The zero-order chi connectivity index (χ0) is 42.8. The molecule has 6 N–H and O–H groups in total. The number of Topliss-reactive ketones (excluding diaryl/α,β-unsaturated/α-hetero) is 2. The number of allylic oxidation sites excluding steroid dienone is 1. The normalized spacial score (nSPS) is 11.0. The van der Waals surface area contributed by atoms with Gasteiger partial charge in [0.25, 0.3) is 0 Å². The van der Waals surface area contributed by atoms with E-state index in [-0.39, 0.29) is 31.1 Å². The summed E-state index contributed by atoms with van der Waals surface area (Å²) in [5, 5.41) is 60.7. The highest BCUT2D eigenvalue weighted by Gasteiger charge is 2.24. The van der Waals surface area contributed by atoms with Gasteiger partial charge in [-0.2, -0.15) is 9.13 Å². The Bertz CT molecular complexity index is 2490. The van der Waals surface area contributed by atoms with Gasteiger partial charge in [-0.3, -0.25) is 9.59 Å². The number of carbonyl (C=O) groups excluding carboxylic acids is 2. The fourth-order valence-electron chi connectivity index (χ4n) is 7.36. The van der Waals surface area contributed by atoms with Gasteiger partial charge in [-0.05, 0) is 59.9 Å². The Balaban J connectivity index is 1.43. The van der Waals surface area contributed by atoms with E-state index in [1.807, 2.05) is 105 Å². The van der Waals surface area contributed by atoms with E-state index < -0.39 is 21.4 Å². The molecule has 6 aromatic rings. The van der Waals surface area contributed by atoms with Crippen molar-refractivity contribution in [2.24, 2.45) is 0 Å². The fourth-order valence-corrected chi connectivity index (χ4v) is 7.36. The summed E-state index contributed by atoms with van der Waals surface area (Å²) in [5.41, 5.74) is 7.40. The number of hydrogen-bond acceptors (Lipinski definition) is 8. The van der Waals surface area contributed by atoms with Crippen LogP contribution in [0.5, 0.6) is 0 Å². The van der Waals surface area contributed by atoms with Gasteiger partial charge in [-0.15, -0.1) is 0 Å². The molecule has 0 aliphatic rings. The second kappa shape index (κ2) is 20.4. The van der Waals surface area contributed by atoms with Crippen molar-refractivity contribution in [3.05, 3.63) is 169 Å². The van der Waals surface area contributed by atoms with Crippen molar-refractivity contribution in [1.82, 2.24) is 0 Å². The maximum atomic E-state index is 13.9. The van der Waals surface area contributed by atoms with E-state index in [2.05, 4.69) is 6.58 Å². The van der Waals surface area contributed by atoms with Crippen LogP contribution in [0, 0.1) is 0 Å². The first kappa shape index (κ1) is 43.7. The second-order valence-corrected chi connectivity index (χ2v) is 15.1. The highest BCUT2D eigenvalue weighted by molar-refractivity contribution is 6.60. The van der Waals surface area contributed by atoms with Crippen molar-refractivity contribution in [3.63, 3.8) is 0 Å². The molecule has 0 radical (unpaired) electrons. The predicted octanol–water partition coefficient (Wildman–Crippen LogP) is 1.35. The summed E-state index contributed by atoms with van der Waals surface area (Å²) >= 11 is 0. The molecule has 6 rings (SSSR count). The number of hydrogen-bond donors (Lipinski definition) is 6. The van der Waals surface area contributed by atoms with Crippen molar-refractivity contribution in [3.8, 4) is 22.3 Å². The van der Waals surface area contributed by atoms with Crippen LogP contribution in [0.4, 0.5) is 0 Å². The molecule has 0 aliphatic carbocycles. The number of nitrogens with zero attached hydrogens (tertiary/aromatic N) is 3. The average molecular weight is 804 g/mol. The van der Waals surface area contributed by atoms with E-state index in [1.54, 1.807) is 49.5 Å². The Morgan fingerprint density at radius 3 is 1.47 bits per heavy atom. The molecule has 0 saturated heterocycles. The van der Waals surface area contributed by atoms with E-state index in [0.717, 1.165) is 27.8 Å². The third-order valence-electron chi connectivity index (χ3n) is 10.5. The lowest BCUT2D eigenvalue weighted by atomic mass is 9.77. The van der Waals surface area contributed by atoms with Crippen LogP contribution in [0.1, 0.15) is 66.1 Å². The van der Waals surface area contributed by atoms with Gasteiger partial charge >= 0.3 is 21.4 Å². The number of aromatic nitrogens is 3. The van der Waals surface area contributed by atoms with E-state index in [9.17, 15) is 39.7 Å². The first-order valence-corrected chi connectivity index (χ1v) is 20.0. The number of carbonyl (C=O) groups is 2. The molecule has 0 spiro atoms. The first-order chi connectivity index (χ1) is 28.9. The number of rotatable bonds is 19. The summed E-state index contributed by atoms with van der Waals surface area (Å²) in [4.78, 5) is 26.0. The topological polar surface area (TPSA) is 167 Å². The molecule has 0 aliphatic heterocycles. The van der Waals surface area contributed by atoms with Crippen molar-refractivity contribution in [2.45, 2.75) is 58.7 Å². The van der Waals surface area contributed by atoms with Crippen molar-refractivity contribution >= 4 is 49.3 Å². The van der Waals surface area contributed by atoms with Gasteiger partial charge in [-0.25, -0.2) is 4.57 Å². The van der Waals surface area contributed by atoms with E-state index in [1.165, 1.54) is 0 Å². The maximum absolute atomic E-state index is 13.9. The summed E-state index contributed by atoms with van der Waals surface area (Å²) in [7, 11) is -4.98. The van der Waals surface area contributed by atoms with Crippen LogP contribution in [-0.4, -0.2) is 63.1 Å². The average Bonchev–Trinajstić information content (AvgIpc) is 3.23. The lowest BCUT2D eigenvalue weighted by Gasteiger charge is -2.11. The van der Waals surface area contributed by atoms with Crippen LogP contribution in [-0.2, 0) is 24.4 Å². The third kappa shape index (κ3) is 11.5. The Kier molecular flexibility index (Phi) is 14.9. The number of pyridine rings is 3. The van der Waals surface area contributed by atoms with Gasteiger partial charge in [0.05, 0.1) is 27.8 Å². The van der Waals surface area contributed by atoms with Gasteiger partial charge in [0.2, 0.25) is 0 Å². The van der Waals surface area contributed by atoms with Gasteiger partial charge in [0, 0.05) is 35.6 Å². The largest absolute Gasteiger partial charge is 0.488 e. The molecule has 0 saturated carbocycles. The Labute approximate surface area is 351 Å². The number of unbranched alkanes of at least 4 members (excludes halogenated alkanes) is 2. The van der Waals surface area contributed by atoms with E-state index in [4.69, 9.17) is 0 Å². The molecule has 3 aromatic heterocycles. The summed E-state index contributed by atoms with van der Waals surface area (Å²) < 4.78 is 5.79. The molecule has 11 nitrogen and oxygen atoms in total. The zero-order valence-electron chi connectivity index (χ0n) is 33.6. The highest BCUT2D eigenvalue weighted by atomic mass is 16.4. The van der Waals surface area contributed by atoms with Gasteiger partial charge in [0.1, 0.15) is 0 Å². The number of benzene rings is 3. The molecule has 0 atom stereocenters. The summed E-state index contributed by atoms with van der Waals surface area (Å²) in [6.07, 6.45) is 14.1. The Morgan fingerprint density at radius 1 is 0.517 bits per heavy atom. The van der Waals surface area contributed by atoms with Gasteiger partial charge < -0.3 is 30.1 Å². The van der Waals surface area contributed by atoms with E-state index >= 15 is 0 Å². The smallest absolute Gasteiger partial charge is 0.423 e. The molecule has 0 unspecified atom stereocenters. The van der Waals surface area contributed by atoms with Crippen LogP contribution in [0.15, 0.2) is 146 Å². The molecule has 3 heterocycles. The molecule has 302 valence electrons. The standard InChI is InChI=1S/C46H49B3N3O8/c1-33(2)45(53)20-4-3-5-21-46(54)41-24-40(31-52(32-41)28-37-15-8-11-19-44(37)49(59)60)39-23-38(29-51(30-39)27-36-14-7-10-18-43(36)48(57)58)34-16-12-22-50(25-34)26-35-13-6-9-17-42(35)47(55)56/h6-19,22-25,29-32,55-60H,1,3-5,20-21,26-28H2,2H3/q+3. The molecule has 3 aromatic carbocycles. The van der Waals surface area contributed by atoms with Crippen LogP contribution >= 0.6 is 0 Å². The Hall–Kier alpha value is -5.86. The third-order valence-corrected chi connectivity index (χ3v) is 10.5. The minimum Gasteiger partial charge on any atom is -0.423 e. The summed E-state index contributed by atoms with van der Waals surface area (Å²) in [6.45, 7) is 6.33. The minimum absolute atomic E-state index is 0.0241. The molecule has 0 bridgehead atoms. The molecule has 14 heteroatoms. The second-order valence-electron chi connectivity index (χ2n) is 15.1. The summed E-state index contributed by atoms with van der Waals surface area (Å²) in [6, 6.07) is 29.0. The van der Waals surface area contributed by atoms with Crippen molar-refractivity contribution in [2.75, 3.05) is 0 Å². The van der Waals surface area contributed by atoms with Crippen LogP contribution in [0.25, 0.3) is 22.3 Å². The maximum Gasteiger partial charge on any atom is 0.488 e. The minimum atomic E-state index is -1.69. The predicted molar refractivity (Wildman–Crippen MR) is 231 cm³/mol.